The highest BCUT2D eigenvalue weighted by Gasteiger charge is 2.26. The number of piperazine rings is 2. The molecule has 2 fully saturated rings. The predicted molar refractivity (Wildman–Crippen MR) is 149 cm³/mol. The van der Waals surface area contributed by atoms with E-state index in [1.807, 2.05) is 11.0 Å². The van der Waals surface area contributed by atoms with Crippen LogP contribution in [-0.2, 0) is 0 Å². The summed E-state index contributed by atoms with van der Waals surface area (Å²) >= 11 is 0. The maximum Gasteiger partial charge on any atom is 0.255 e. The summed E-state index contributed by atoms with van der Waals surface area (Å²) in [6, 6.07) is 16.2. The zero-order valence-corrected chi connectivity index (χ0v) is 22.2. The van der Waals surface area contributed by atoms with Crippen LogP contribution in [0.3, 0.4) is 0 Å². The minimum absolute atomic E-state index is 0.0536. The summed E-state index contributed by atoms with van der Waals surface area (Å²) in [5.74, 6) is -2.63. The molecule has 3 amide bonds. The minimum Gasteiger partial charge on any atom is -0.366 e. The minimum atomic E-state index is -0.815. The molecule has 0 aromatic heterocycles. The van der Waals surface area contributed by atoms with Crippen molar-refractivity contribution < 1.29 is 23.2 Å². The molecule has 2 aliphatic heterocycles. The highest BCUT2D eigenvalue weighted by molar-refractivity contribution is 6.07. The summed E-state index contributed by atoms with van der Waals surface area (Å²) in [6.45, 7) is 3.96. The van der Waals surface area contributed by atoms with Gasteiger partial charge in [0, 0.05) is 75.1 Å². The largest absolute Gasteiger partial charge is 0.366 e. The first-order chi connectivity index (χ1) is 19.8. The van der Waals surface area contributed by atoms with Gasteiger partial charge in [-0.2, -0.15) is 5.26 Å². The van der Waals surface area contributed by atoms with E-state index in [1.165, 1.54) is 4.90 Å². The van der Waals surface area contributed by atoms with E-state index in [1.54, 1.807) is 47.4 Å². The number of carbonyl (C=O) groups excluding carboxylic acids is 3. The summed E-state index contributed by atoms with van der Waals surface area (Å²) in [5.41, 5.74) is 2.28. The molecule has 2 saturated heterocycles. The molecule has 0 spiro atoms. The molecular formula is C30H28F2N6O3. The van der Waals surface area contributed by atoms with Gasteiger partial charge in [-0.3, -0.25) is 14.4 Å². The molecule has 3 aromatic carbocycles. The van der Waals surface area contributed by atoms with Crippen molar-refractivity contribution in [3.63, 3.8) is 0 Å². The molecule has 0 unspecified atom stereocenters. The van der Waals surface area contributed by atoms with Crippen LogP contribution in [0.15, 0.2) is 60.7 Å². The molecule has 0 radical (unpaired) electrons. The fourth-order valence-corrected chi connectivity index (χ4v) is 5.00. The highest BCUT2D eigenvalue weighted by atomic mass is 19.1. The Balaban J connectivity index is 1.37. The van der Waals surface area contributed by atoms with Crippen molar-refractivity contribution in [1.82, 2.24) is 15.1 Å². The third-order valence-electron chi connectivity index (χ3n) is 7.19. The van der Waals surface area contributed by atoms with Gasteiger partial charge >= 0.3 is 0 Å². The van der Waals surface area contributed by atoms with E-state index in [0.29, 0.717) is 80.4 Å². The van der Waals surface area contributed by atoms with Gasteiger partial charge in [-0.05, 0) is 54.6 Å². The zero-order chi connectivity index (χ0) is 28.9. The highest BCUT2D eigenvalue weighted by Crippen LogP contribution is 2.30. The Morgan fingerprint density at radius 3 is 1.95 bits per heavy atom. The van der Waals surface area contributed by atoms with Gasteiger partial charge in [0.15, 0.2) is 0 Å². The lowest BCUT2D eigenvalue weighted by atomic mass is 10.1. The van der Waals surface area contributed by atoms with Gasteiger partial charge in [-0.15, -0.1) is 0 Å². The van der Waals surface area contributed by atoms with E-state index in [2.05, 4.69) is 10.6 Å². The Hall–Kier alpha value is -4.82. The summed E-state index contributed by atoms with van der Waals surface area (Å²) in [6.07, 6.45) is 0. The van der Waals surface area contributed by atoms with Crippen LogP contribution in [0.5, 0.6) is 0 Å². The average molecular weight is 559 g/mol. The molecule has 11 heteroatoms. The van der Waals surface area contributed by atoms with Crippen molar-refractivity contribution >= 4 is 29.1 Å². The lowest BCUT2D eigenvalue weighted by molar-refractivity contribution is 0.0731. The van der Waals surface area contributed by atoms with E-state index < -0.39 is 23.4 Å². The zero-order valence-electron chi connectivity index (χ0n) is 22.2. The summed E-state index contributed by atoms with van der Waals surface area (Å²) in [4.78, 5) is 44.5. The van der Waals surface area contributed by atoms with Crippen LogP contribution in [0, 0.1) is 23.0 Å². The number of halogens is 2. The van der Waals surface area contributed by atoms with Crippen LogP contribution < -0.4 is 15.5 Å². The Morgan fingerprint density at radius 1 is 0.732 bits per heavy atom. The number of rotatable bonds is 5. The fraction of sp³-hybridized carbons (Fsp3) is 0.267. The van der Waals surface area contributed by atoms with E-state index in [9.17, 15) is 23.2 Å². The summed E-state index contributed by atoms with van der Waals surface area (Å²) < 4.78 is 27.3. The van der Waals surface area contributed by atoms with Gasteiger partial charge in [0.25, 0.3) is 17.7 Å². The van der Waals surface area contributed by atoms with Crippen molar-refractivity contribution in [2.45, 2.75) is 0 Å². The number of nitriles is 1. The van der Waals surface area contributed by atoms with Gasteiger partial charge in [0.1, 0.15) is 11.6 Å². The average Bonchev–Trinajstić information content (AvgIpc) is 3.00. The first kappa shape index (κ1) is 27.7. The lowest BCUT2D eigenvalue weighted by Crippen LogP contribution is -2.49. The predicted octanol–water partition coefficient (Wildman–Crippen LogP) is 3.10. The molecule has 2 N–H and O–H groups in total. The van der Waals surface area contributed by atoms with Gasteiger partial charge in [0.05, 0.1) is 23.0 Å². The maximum absolute atomic E-state index is 13.7. The van der Waals surface area contributed by atoms with Gasteiger partial charge in [-0.25, -0.2) is 8.78 Å². The third-order valence-corrected chi connectivity index (χ3v) is 7.19. The van der Waals surface area contributed by atoms with Crippen molar-refractivity contribution in [3.05, 3.63) is 94.6 Å². The van der Waals surface area contributed by atoms with Crippen molar-refractivity contribution in [2.24, 2.45) is 0 Å². The van der Waals surface area contributed by atoms with Crippen LogP contribution >= 0.6 is 0 Å². The molecule has 210 valence electrons. The molecule has 9 nitrogen and oxygen atoms in total. The molecule has 0 aliphatic carbocycles. The first-order valence-corrected chi connectivity index (χ1v) is 13.3. The Morgan fingerprint density at radius 2 is 1.32 bits per heavy atom. The number of benzene rings is 3. The quantitative estimate of drug-likeness (QED) is 0.498. The SMILES string of the molecule is N#Cc1ccc(C(=O)Nc2cc(C(=O)N3CCNCC3)ccc2N2CCN(C(=O)c3cc(F)cc(F)c3)CC2)cc1. The summed E-state index contributed by atoms with van der Waals surface area (Å²) in [7, 11) is 0. The number of carbonyl (C=O) groups is 3. The number of nitrogens with one attached hydrogen (secondary N) is 2. The number of hydrogen-bond donors (Lipinski definition) is 2. The van der Waals surface area contributed by atoms with Crippen LogP contribution in [0.1, 0.15) is 36.6 Å². The molecule has 3 aromatic rings. The van der Waals surface area contributed by atoms with E-state index in [4.69, 9.17) is 5.26 Å². The lowest BCUT2D eigenvalue weighted by Gasteiger charge is -2.37. The Bertz CT molecular complexity index is 1490. The Labute approximate surface area is 236 Å². The summed E-state index contributed by atoms with van der Waals surface area (Å²) in [5, 5.41) is 15.2. The molecule has 2 aliphatic rings. The molecule has 0 bridgehead atoms. The van der Waals surface area contributed by atoms with Crippen LogP contribution in [0.25, 0.3) is 0 Å². The molecule has 0 saturated carbocycles. The normalized spacial score (nSPS) is 15.3. The smallest absolute Gasteiger partial charge is 0.255 e. The second kappa shape index (κ2) is 12.1. The fourth-order valence-electron chi connectivity index (χ4n) is 5.00. The van der Waals surface area contributed by atoms with E-state index in [0.717, 1.165) is 18.2 Å². The number of amides is 3. The maximum atomic E-state index is 13.7. The standard InChI is InChI=1S/C30H28F2N6O3/c31-24-15-23(16-25(32)18-24)30(41)38-13-11-36(12-14-38)27-6-5-22(29(40)37-9-7-34-8-10-37)17-26(27)35-28(39)21-3-1-20(19-33)2-4-21/h1-6,15-18,34H,7-14H2,(H,35,39). The van der Waals surface area contributed by atoms with E-state index in [-0.39, 0.29) is 11.5 Å². The number of nitrogens with zero attached hydrogens (tertiary/aromatic N) is 4. The molecule has 41 heavy (non-hydrogen) atoms. The number of hydrogen-bond acceptors (Lipinski definition) is 6. The van der Waals surface area contributed by atoms with Crippen molar-refractivity contribution in [1.29, 1.82) is 5.26 Å². The molecule has 5 rings (SSSR count). The van der Waals surface area contributed by atoms with Crippen molar-refractivity contribution in [2.75, 3.05) is 62.6 Å². The van der Waals surface area contributed by atoms with Gasteiger partial charge in [0.2, 0.25) is 0 Å². The molecule has 2 heterocycles. The third kappa shape index (κ3) is 6.34. The molecular weight excluding hydrogens is 530 g/mol. The monoisotopic (exact) mass is 558 g/mol. The number of anilines is 2. The first-order valence-electron chi connectivity index (χ1n) is 13.3. The van der Waals surface area contributed by atoms with Crippen LogP contribution in [0.4, 0.5) is 20.2 Å². The van der Waals surface area contributed by atoms with Crippen LogP contribution in [-0.4, -0.2) is 79.9 Å². The van der Waals surface area contributed by atoms with Gasteiger partial charge < -0.3 is 25.3 Å². The van der Waals surface area contributed by atoms with Crippen molar-refractivity contribution in [3.8, 4) is 6.07 Å². The van der Waals surface area contributed by atoms with Crippen LogP contribution in [0.2, 0.25) is 0 Å². The second-order valence-corrected chi connectivity index (χ2v) is 9.85. The van der Waals surface area contributed by atoms with Gasteiger partial charge in [-0.1, -0.05) is 0 Å². The second-order valence-electron chi connectivity index (χ2n) is 9.85. The topological polar surface area (TPSA) is 109 Å². The van der Waals surface area contributed by atoms with E-state index >= 15 is 0 Å². The Kier molecular flexibility index (Phi) is 8.21. The molecule has 0 atom stereocenters.